The number of methoxy groups -OCH3 is 1. The number of anilines is 2. The molecule has 0 aliphatic heterocycles. The molecule has 4 aromatic carbocycles. The Labute approximate surface area is 241 Å². The minimum Gasteiger partial charge on any atom is -0.495 e. The molecule has 4 rings (SSSR count). The van der Waals surface area contributed by atoms with E-state index in [2.05, 4.69) is 16.0 Å². The first-order chi connectivity index (χ1) is 19.4. The van der Waals surface area contributed by atoms with Crippen molar-refractivity contribution in [2.45, 2.75) is 4.90 Å². The van der Waals surface area contributed by atoms with Crippen molar-refractivity contribution < 1.29 is 19.1 Å². The van der Waals surface area contributed by atoms with Gasteiger partial charge in [-0.25, -0.2) is 0 Å². The summed E-state index contributed by atoms with van der Waals surface area (Å²) in [4.78, 5) is 39.2. The van der Waals surface area contributed by atoms with Crippen molar-refractivity contribution >= 4 is 58.5 Å². The third-order valence-corrected chi connectivity index (χ3v) is 6.80. The van der Waals surface area contributed by atoms with Gasteiger partial charge in [0.15, 0.2) is 0 Å². The van der Waals surface area contributed by atoms with E-state index in [4.69, 9.17) is 16.3 Å². The minimum atomic E-state index is -0.469. The normalized spacial score (nSPS) is 10.9. The van der Waals surface area contributed by atoms with Gasteiger partial charge in [0.2, 0.25) is 5.91 Å². The van der Waals surface area contributed by atoms with E-state index in [1.165, 1.54) is 18.9 Å². The van der Waals surface area contributed by atoms with Crippen molar-refractivity contribution in [1.82, 2.24) is 5.32 Å². The summed E-state index contributed by atoms with van der Waals surface area (Å²) < 4.78 is 5.26. The van der Waals surface area contributed by atoms with Gasteiger partial charge in [-0.3, -0.25) is 14.4 Å². The summed E-state index contributed by atoms with van der Waals surface area (Å²) in [6.45, 7) is 0. The topological polar surface area (TPSA) is 96.5 Å². The van der Waals surface area contributed by atoms with Gasteiger partial charge in [-0.2, -0.15) is 0 Å². The van der Waals surface area contributed by atoms with Crippen LogP contribution < -0.4 is 20.7 Å². The van der Waals surface area contributed by atoms with Crippen LogP contribution >= 0.6 is 23.4 Å². The van der Waals surface area contributed by atoms with Gasteiger partial charge in [0.05, 0.1) is 18.6 Å². The van der Waals surface area contributed by atoms with Crippen LogP contribution in [0.5, 0.6) is 5.75 Å². The summed E-state index contributed by atoms with van der Waals surface area (Å²) in [7, 11) is 1.52. The lowest BCUT2D eigenvalue weighted by atomic mass is 10.1. The van der Waals surface area contributed by atoms with Gasteiger partial charge in [-0.1, -0.05) is 60.1 Å². The number of nitrogens with one attached hydrogen (secondary N) is 3. The standard InChI is InChI=1S/C31H26ClN3O4S/c1-39-28-17-12-23(32)19-26(28)34-29(36)20-40-25-15-13-24(14-16-25)33-31(38)27(18-21-8-4-2-5-9-21)35-30(37)22-10-6-3-7-11-22/h2-19H,20H2,1H3,(H,33,38)(H,34,36)(H,35,37)/b27-18-. The van der Waals surface area contributed by atoms with Crippen molar-refractivity contribution in [3.05, 3.63) is 125 Å². The zero-order valence-electron chi connectivity index (χ0n) is 21.5. The Balaban J connectivity index is 1.38. The summed E-state index contributed by atoms with van der Waals surface area (Å²) in [5.74, 6) is -0.394. The minimum absolute atomic E-state index is 0.103. The molecule has 202 valence electrons. The maximum Gasteiger partial charge on any atom is 0.272 e. The first-order valence-corrected chi connectivity index (χ1v) is 13.6. The van der Waals surface area contributed by atoms with Crippen LogP contribution in [0.25, 0.3) is 6.08 Å². The summed E-state index contributed by atoms with van der Waals surface area (Å²) in [6, 6.07) is 30.0. The molecule has 40 heavy (non-hydrogen) atoms. The molecule has 4 aromatic rings. The van der Waals surface area contributed by atoms with Gasteiger partial charge < -0.3 is 20.7 Å². The number of carbonyl (C=O) groups excluding carboxylic acids is 3. The molecule has 3 N–H and O–H groups in total. The zero-order chi connectivity index (χ0) is 28.3. The van der Waals surface area contributed by atoms with Crippen molar-refractivity contribution in [3.63, 3.8) is 0 Å². The molecule has 0 aromatic heterocycles. The van der Waals surface area contributed by atoms with E-state index in [0.717, 1.165) is 10.5 Å². The molecule has 0 fully saturated rings. The highest BCUT2D eigenvalue weighted by Crippen LogP contribution is 2.28. The fourth-order valence-corrected chi connectivity index (χ4v) is 4.47. The summed E-state index contributed by atoms with van der Waals surface area (Å²) in [6.07, 6.45) is 1.62. The van der Waals surface area contributed by atoms with Crippen LogP contribution in [0.3, 0.4) is 0 Å². The molecule has 0 spiro atoms. The number of carbonyl (C=O) groups is 3. The van der Waals surface area contributed by atoms with Crippen molar-refractivity contribution in [3.8, 4) is 5.75 Å². The Kier molecular flexibility index (Phi) is 9.99. The average molecular weight is 572 g/mol. The predicted molar refractivity (Wildman–Crippen MR) is 161 cm³/mol. The van der Waals surface area contributed by atoms with E-state index in [-0.39, 0.29) is 17.4 Å². The highest BCUT2D eigenvalue weighted by atomic mass is 35.5. The molecule has 3 amide bonds. The monoisotopic (exact) mass is 571 g/mol. The molecule has 0 radical (unpaired) electrons. The van der Waals surface area contributed by atoms with E-state index < -0.39 is 11.8 Å². The molecule has 0 atom stereocenters. The van der Waals surface area contributed by atoms with Crippen LogP contribution in [0.15, 0.2) is 114 Å². The maximum atomic E-state index is 13.2. The number of rotatable bonds is 10. The Morgan fingerprint density at radius 1 is 0.850 bits per heavy atom. The number of amides is 3. The van der Waals surface area contributed by atoms with E-state index >= 15 is 0 Å². The number of thioether (sulfide) groups is 1. The highest BCUT2D eigenvalue weighted by molar-refractivity contribution is 8.00. The van der Waals surface area contributed by atoms with Gasteiger partial charge in [-0.15, -0.1) is 11.8 Å². The molecule has 0 bridgehead atoms. The van der Waals surface area contributed by atoms with Gasteiger partial charge >= 0.3 is 0 Å². The lowest BCUT2D eigenvalue weighted by Gasteiger charge is -2.12. The number of ether oxygens (including phenoxy) is 1. The summed E-state index contributed by atoms with van der Waals surface area (Å²) in [5, 5.41) is 8.84. The fourth-order valence-electron chi connectivity index (χ4n) is 3.60. The summed E-state index contributed by atoms with van der Waals surface area (Å²) in [5.41, 5.74) is 2.34. The second-order valence-corrected chi connectivity index (χ2v) is 9.93. The first kappa shape index (κ1) is 28.5. The molecule has 7 nitrogen and oxygen atoms in total. The van der Waals surface area contributed by atoms with Gasteiger partial charge in [-0.05, 0) is 66.2 Å². The molecular formula is C31H26ClN3O4S. The SMILES string of the molecule is COc1ccc(Cl)cc1NC(=O)CSc1ccc(NC(=O)/C(=C/c2ccccc2)NC(=O)c2ccccc2)cc1. The number of hydrogen-bond donors (Lipinski definition) is 3. The summed E-state index contributed by atoms with van der Waals surface area (Å²) >= 11 is 7.37. The predicted octanol–water partition coefficient (Wildman–Crippen LogP) is 6.49. The molecule has 9 heteroatoms. The van der Waals surface area contributed by atoms with Crippen LogP contribution in [0.4, 0.5) is 11.4 Å². The smallest absolute Gasteiger partial charge is 0.272 e. The molecule has 0 heterocycles. The van der Waals surface area contributed by atoms with E-state index in [1.54, 1.807) is 72.8 Å². The quantitative estimate of drug-likeness (QED) is 0.149. The second-order valence-electron chi connectivity index (χ2n) is 8.45. The average Bonchev–Trinajstić information content (AvgIpc) is 2.97. The fraction of sp³-hybridized carbons (Fsp3) is 0.0645. The number of benzene rings is 4. The van der Waals surface area contributed by atoms with E-state index in [0.29, 0.717) is 27.7 Å². The Hall–Kier alpha value is -4.53. The number of halogens is 1. The van der Waals surface area contributed by atoms with Crippen LogP contribution in [0, 0.1) is 0 Å². The van der Waals surface area contributed by atoms with Crippen molar-refractivity contribution in [2.75, 3.05) is 23.5 Å². The lowest BCUT2D eigenvalue weighted by Crippen LogP contribution is -2.30. The molecule has 0 unspecified atom stereocenters. The lowest BCUT2D eigenvalue weighted by molar-refractivity contribution is -0.114. The first-order valence-electron chi connectivity index (χ1n) is 12.2. The van der Waals surface area contributed by atoms with E-state index in [9.17, 15) is 14.4 Å². The Morgan fingerprint density at radius 2 is 1.52 bits per heavy atom. The second kappa shape index (κ2) is 14.0. The molecule has 0 aliphatic carbocycles. The third kappa shape index (κ3) is 8.23. The molecule has 0 saturated heterocycles. The van der Waals surface area contributed by atoms with Crippen molar-refractivity contribution in [2.24, 2.45) is 0 Å². The highest BCUT2D eigenvalue weighted by Gasteiger charge is 2.15. The van der Waals surface area contributed by atoms with Crippen LogP contribution in [0.1, 0.15) is 15.9 Å². The zero-order valence-corrected chi connectivity index (χ0v) is 23.1. The van der Waals surface area contributed by atoms with Gasteiger partial charge in [0.25, 0.3) is 11.8 Å². The third-order valence-electron chi connectivity index (χ3n) is 5.56. The molecular weight excluding hydrogens is 546 g/mol. The number of hydrogen-bond acceptors (Lipinski definition) is 5. The largest absolute Gasteiger partial charge is 0.495 e. The van der Waals surface area contributed by atoms with Crippen LogP contribution in [-0.2, 0) is 9.59 Å². The van der Waals surface area contributed by atoms with E-state index in [1.807, 2.05) is 36.4 Å². The van der Waals surface area contributed by atoms with Crippen LogP contribution in [-0.4, -0.2) is 30.6 Å². The Bertz CT molecular complexity index is 1510. The molecule has 0 aliphatic rings. The molecule has 0 saturated carbocycles. The van der Waals surface area contributed by atoms with Gasteiger partial charge in [0, 0.05) is 21.2 Å². The van der Waals surface area contributed by atoms with Crippen molar-refractivity contribution in [1.29, 1.82) is 0 Å². The van der Waals surface area contributed by atoms with Gasteiger partial charge in [0.1, 0.15) is 11.4 Å². The maximum absolute atomic E-state index is 13.2. The Morgan fingerprint density at radius 3 is 2.20 bits per heavy atom. The van der Waals surface area contributed by atoms with Crippen LogP contribution in [0.2, 0.25) is 5.02 Å².